The van der Waals surface area contributed by atoms with Gasteiger partial charge in [-0.15, -0.1) is 0 Å². The van der Waals surface area contributed by atoms with Gasteiger partial charge in [0.25, 0.3) is 5.91 Å². The number of rotatable bonds is 5. The number of likely N-dealkylation sites (N-methyl/N-ethyl adjacent to an activating group) is 1. The predicted molar refractivity (Wildman–Crippen MR) is 141 cm³/mol. The maximum Gasteiger partial charge on any atom is 0.321 e. The Hall–Kier alpha value is -3.39. The highest BCUT2D eigenvalue weighted by molar-refractivity contribution is 6.12. The van der Waals surface area contributed by atoms with Crippen LogP contribution in [0.15, 0.2) is 53.5 Å². The Bertz CT molecular complexity index is 1090. The molecule has 0 bridgehead atoms. The Balaban J connectivity index is 1.67. The third kappa shape index (κ3) is 5.82. The van der Waals surface area contributed by atoms with Crippen molar-refractivity contribution in [2.45, 2.75) is 33.4 Å². The first-order valence-electron chi connectivity index (χ1n) is 12.4. The third-order valence-corrected chi connectivity index (χ3v) is 6.40. The molecule has 8 heteroatoms. The summed E-state index contributed by atoms with van der Waals surface area (Å²) in [6, 6.07) is 15.2. The molecule has 1 fully saturated rings. The molecule has 0 spiro atoms. The van der Waals surface area contributed by atoms with Crippen LogP contribution in [0.1, 0.15) is 31.9 Å². The summed E-state index contributed by atoms with van der Waals surface area (Å²) in [6.07, 6.45) is -0.149. The molecule has 0 radical (unpaired) electrons. The van der Waals surface area contributed by atoms with Crippen LogP contribution in [-0.2, 0) is 11.2 Å². The molecule has 2 aromatic carbocycles. The van der Waals surface area contributed by atoms with E-state index in [1.54, 1.807) is 4.90 Å². The van der Waals surface area contributed by atoms with E-state index in [1.807, 2.05) is 48.5 Å². The van der Waals surface area contributed by atoms with E-state index in [-0.39, 0.29) is 11.8 Å². The van der Waals surface area contributed by atoms with Crippen LogP contribution in [0.25, 0.3) is 0 Å². The molecule has 1 atom stereocenters. The number of piperazine rings is 1. The number of nitrogens with one attached hydrogen (secondary N) is 2. The van der Waals surface area contributed by atoms with Crippen LogP contribution >= 0.6 is 0 Å². The lowest BCUT2D eigenvalue weighted by Gasteiger charge is -2.35. The van der Waals surface area contributed by atoms with Gasteiger partial charge in [0.1, 0.15) is 5.84 Å². The molecule has 3 amide bonds. The fourth-order valence-corrected chi connectivity index (χ4v) is 4.49. The van der Waals surface area contributed by atoms with Crippen molar-refractivity contribution < 1.29 is 9.59 Å². The molecule has 0 unspecified atom stereocenters. The topological polar surface area (TPSA) is 80.3 Å². The first kappa shape index (κ1) is 24.7. The van der Waals surface area contributed by atoms with Gasteiger partial charge < -0.3 is 25.3 Å². The van der Waals surface area contributed by atoms with E-state index in [0.29, 0.717) is 12.2 Å². The second kappa shape index (κ2) is 10.9. The van der Waals surface area contributed by atoms with Crippen LogP contribution in [0.5, 0.6) is 0 Å². The van der Waals surface area contributed by atoms with Gasteiger partial charge in [-0.05, 0) is 49.2 Å². The number of hydrogen-bond acceptors (Lipinski definition) is 5. The summed E-state index contributed by atoms with van der Waals surface area (Å²) in [6.45, 7) is 10.2. The number of amidine groups is 1. The number of benzene rings is 2. The first-order chi connectivity index (χ1) is 16.9. The van der Waals surface area contributed by atoms with E-state index in [4.69, 9.17) is 4.99 Å². The lowest BCUT2D eigenvalue weighted by molar-refractivity contribution is -0.120. The summed E-state index contributed by atoms with van der Waals surface area (Å²) < 4.78 is 0. The Kier molecular flexibility index (Phi) is 7.70. The highest BCUT2D eigenvalue weighted by Gasteiger charge is 2.35. The van der Waals surface area contributed by atoms with E-state index in [9.17, 15) is 9.59 Å². The van der Waals surface area contributed by atoms with Crippen molar-refractivity contribution in [3.05, 3.63) is 59.7 Å². The van der Waals surface area contributed by atoms with E-state index in [2.05, 4.69) is 48.3 Å². The van der Waals surface area contributed by atoms with Crippen molar-refractivity contribution in [2.24, 2.45) is 10.9 Å². The van der Waals surface area contributed by atoms with E-state index < -0.39 is 12.2 Å². The average molecular weight is 477 g/mol. The van der Waals surface area contributed by atoms with Gasteiger partial charge in [-0.1, -0.05) is 45.0 Å². The molecule has 2 aromatic rings. The maximum absolute atomic E-state index is 13.8. The maximum atomic E-state index is 13.8. The zero-order valence-corrected chi connectivity index (χ0v) is 21.1. The van der Waals surface area contributed by atoms with Gasteiger partial charge in [-0.25, -0.2) is 9.79 Å². The smallest absolute Gasteiger partial charge is 0.321 e. The van der Waals surface area contributed by atoms with Crippen molar-refractivity contribution >= 4 is 29.1 Å². The first-order valence-corrected chi connectivity index (χ1v) is 12.4. The van der Waals surface area contributed by atoms with Crippen LogP contribution < -0.4 is 15.5 Å². The number of nitrogens with zero attached hydrogens (tertiary/aromatic N) is 4. The van der Waals surface area contributed by atoms with Crippen LogP contribution in [0.4, 0.5) is 16.2 Å². The quantitative estimate of drug-likeness (QED) is 0.693. The minimum atomic E-state index is -1.02. The lowest BCUT2D eigenvalue weighted by atomic mass is 10.1. The number of fused-ring (bicyclic) bond motifs is 1. The SMILES string of the molecule is CCc1cccc(NC(=O)N[C@@H]2N=C(N3CCN(C)CC3)c3ccccc3N(CC(C)C)C2=O)c1. The second-order valence-corrected chi connectivity index (χ2v) is 9.66. The molecule has 4 rings (SSSR count). The van der Waals surface area contributed by atoms with E-state index in [1.165, 1.54) is 0 Å². The minimum Gasteiger partial charge on any atom is -0.354 e. The molecule has 2 aliphatic rings. The van der Waals surface area contributed by atoms with Crippen LogP contribution in [0, 0.1) is 5.92 Å². The van der Waals surface area contributed by atoms with Gasteiger partial charge in [-0.3, -0.25) is 4.79 Å². The Morgan fingerprint density at radius 3 is 2.54 bits per heavy atom. The van der Waals surface area contributed by atoms with Gasteiger partial charge >= 0.3 is 6.03 Å². The summed E-state index contributed by atoms with van der Waals surface area (Å²) in [4.78, 5) is 37.9. The predicted octanol–water partition coefficient (Wildman–Crippen LogP) is 3.39. The number of carbonyl (C=O) groups excluding carboxylic acids is 2. The van der Waals surface area contributed by atoms with Gasteiger partial charge in [0.2, 0.25) is 6.17 Å². The van der Waals surface area contributed by atoms with Gasteiger partial charge in [0, 0.05) is 44.0 Å². The second-order valence-electron chi connectivity index (χ2n) is 9.66. The van der Waals surface area contributed by atoms with Crippen molar-refractivity contribution in [2.75, 3.05) is 50.0 Å². The molecular formula is C27H36N6O2. The summed E-state index contributed by atoms with van der Waals surface area (Å²) >= 11 is 0. The van der Waals surface area contributed by atoms with Crippen molar-refractivity contribution in [1.82, 2.24) is 15.1 Å². The normalized spacial score (nSPS) is 18.7. The van der Waals surface area contributed by atoms with Crippen molar-refractivity contribution in [1.29, 1.82) is 0 Å². The fourth-order valence-electron chi connectivity index (χ4n) is 4.49. The van der Waals surface area contributed by atoms with Crippen molar-refractivity contribution in [3.63, 3.8) is 0 Å². The Labute approximate surface area is 208 Å². The number of hydrogen-bond donors (Lipinski definition) is 2. The van der Waals surface area contributed by atoms with Gasteiger partial charge in [0.15, 0.2) is 0 Å². The molecule has 2 aliphatic heterocycles. The highest BCUT2D eigenvalue weighted by atomic mass is 16.2. The molecule has 0 aromatic heterocycles. The number of amides is 3. The summed E-state index contributed by atoms with van der Waals surface area (Å²) in [5.74, 6) is 0.780. The molecule has 8 nitrogen and oxygen atoms in total. The zero-order valence-electron chi connectivity index (χ0n) is 21.1. The monoisotopic (exact) mass is 476 g/mol. The average Bonchev–Trinajstić information content (AvgIpc) is 2.95. The van der Waals surface area contributed by atoms with Crippen LogP contribution in [-0.4, -0.2) is 73.5 Å². The van der Waals surface area contributed by atoms with Crippen LogP contribution in [0.2, 0.25) is 0 Å². The molecular weight excluding hydrogens is 440 g/mol. The minimum absolute atomic E-state index is 0.229. The summed E-state index contributed by atoms with van der Waals surface area (Å²) in [7, 11) is 2.11. The number of aryl methyl sites for hydroxylation is 1. The number of aliphatic imine (C=N–C) groups is 1. The number of benzodiazepines with no additional fused rings is 1. The van der Waals surface area contributed by atoms with Gasteiger partial charge in [0.05, 0.1) is 5.69 Å². The number of carbonyl (C=O) groups is 2. The van der Waals surface area contributed by atoms with Gasteiger partial charge in [-0.2, -0.15) is 0 Å². The Morgan fingerprint density at radius 2 is 1.83 bits per heavy atom. The summed E-state index contributed by atoms with van der Waals surface area (Å²) in [5, 5.41) is 5.72. The highest BCUT2D eigenvalue weighted by Crippen LogP contribution is 2.28. The summed E-state index contributed by atoms with van der Waals surface area (Å²) in [5.41, 5.74) is 3.58. The number of urea groups is 1. The van der Waals surface area contributed by atoms with E-state index >= 15 is 0 Å². The molecule has 2 heterocycles. The largest absolute Gasteiger partial charge is 0.354 e. The Morgan fingerprint density at radius 1 is 1.09 bits per heavy atom. The lowest BCUT2D eigenvalue weighted by Crippen LogP contribution is -2.50. The standard InChI is InChI=1S/C27H36N6O2/c1-5-20-9-8-10-21(17-20)28-27(35)30-24-26(34)33(18-19(2)3)23-12-7-6-11-22(23)25(29-24)32-15-13-31(4)14-16-32/h6-12,17,19,24H,5,13-16,18H2,1-4H3,(H2,28,30,35)/t24-/m0/s1. The van der Waals surface area contributed by atoms with E-state index in [0.717, 1.165) is 55.2 Å². The number of anilines is 2. The molecule has 1 saturated heterocycles. The molecule has 35 heavy (non-hydrogen) atoms. The molecule has 186 valence electrons. The zero-order chi connectivity index (χ0) is 24.9. The fraction of sp³-hybridized carbons (Fsp3) is 0.444. The molecule has 0 aliphatic carbocycles. The number of para-hydroxylation sites is 1. The van der Waals surface area contributed by atoms with Crippen molar-refractivity contribution in [3.8, 4) is 0 Å². The molecule has 2 N–H and O–H groups in total. The van der Waals surface area contributed by atoms with Crippen LogP contribution in [0.3, 0.4) is 0 Å². The third-order valence-electron chi connectivity index (χ3n) is 6.40. The molecule has 0 saturated carbocycles.